The Bertz CT molecular complexity index is 968. The molecule has 0 unspecified atom stereocenters. The molecule has 0 atom stereocenters. The first kappa shape index (κ1) is 22.3. The van der Waals surface area contributed by atoms with Gasteiger partial charge in [-0.2, -0.15) is 4.31 Å². The molecule has 0 bridgehead atoms. The number of likely N-dealkylation sites (tertiary alicyclic amines) is 1. The highest BCUT2D eigenvalue weighted by atomic mass is 32.2. The van der Waals surface area contributed by atoms with E-state index in [1.54, 1.807) is 55.6 Å². The standard InChI is InChI=1S/C23H30N2O4S/c1-4-29-22-11-10-19(23(26)25-14-12-18(2)13-15-25)16-20(22)17-24(3)30(27,28)21-8-6-5-7-9-21/h5-11,16,18H,4,12-15,17H2,1-3H3. The molecule has 6 nitrogen and oxygen atoms in total. The van der Waals surface area contributed by atoms with Crippen LogP contribution < -0.4 is 4.74 Å². The van der Waals surface area contributed by atoms with E-state index in [9.17, 15) is 13.2 Å². The Kier molecular flexibility index (Phi) is 7.15. The molecule has 2 aromatic rings. The van der Waals surface area contributed by atoms with Gasteiger partial charge in [0.2, 0.25) is 10.0 Å². The third kappa shape index (κ3) is 5.02. The van der Waals surface area contributed by atoms with Gasteiger partial charge < -0.3 is 9.64 Å². The summed E-state index contributed by atoms with van der Waals surface area (Å²) in [5.41, 5.74) is 1.24. The van der Waals surface area contributed by atoms with Crippen molar-refractivity contribution in [1.82, 2.24) is 9.21 Å². The number of carbonyl (C=O) groups is 1. The van der Waals surface area contributed by atoms with Gasteiger partial charge in [-0.3, -0.25) is 4.79 Å². The number of amides is 1. The van der Waals surface area contributed by atoms with Crippen molar-refractivity contribution in [2.24, 2.45) is 5.92 Å². The van der Waals surface area contributed by atoms with E-state index in [4.69, 9.17) is 4.74 Å². The van der Waals surface area contributed by atoms with Crippen LogP contribution in [0.25, 0.3) is 0 Å². The fourth-order valence-corrected chi connectivity index (χ4v) is 4.79. The number of rotatable bonds is 7. The summed E-state index contributed by atoms with van der Waals surface area (Å²) in [5, 5.41) is 0. The van der Waals surface area contributed by atoms with Gasteiger partial charge in [-0.1, -0.05) is 25.1 Å². The van der Waals surface area contributed by atoms with E-state index >= 15 is 0 Å². The second-order valence-corrected chi connectivity index (χ2v) is 9.85. The quantitative estimate of drug-likeness (QED) is 0.671. The Morgan fingerprint density at radius 1 is 1.13 bits per heavy atom. The van der Waals surface area contributed by atoms with Gasteiger partial charge in [0, 0.05) is 37.8 Å². The normalized spacial score (nSPS) is 15.4. The van der Waals surface area contributed by atoms with Crippen LogP contribution in [0.15, 0.2) is 53.4 Å². The van der Waals surface area contributed by atoms with Crippen molar-refractivity contribution in [1.29, 1.82) is 0 Å². The Morgan fingerprint density at radius 2 is 1.80 bits per heavy atom. The minimum absolute atomic E-state index is 0.0141. The summed E-state index contributed by atoms with van der Waals surface area (Å²) in [4.78, 5) is 15.1. The molecule has 0 radical (unpaired) electrons. The van der Waals surface area contributed by atoms with Crippen LogP contribution in [0.1, 0.15) is 42.6 Å². The van der Waals surface area contributed by atoms with E-state index in [1.165, 1.54) is 4.31 Å². The highest BCUT2D eigenvalue weighted by Crippen LogP contribution is 2.26. The summed E-state index contributed by atoms with van der Waals surface area (Å²) < 4.78 is 32.8. The third-order valence-electron chi connectivity index (χ3n) is 5.52. The SMILES string of the molecule is CCOc1ccc(C(=O)N2CCC(C)CC2)cc1CN(C)S(=O)(=O)c1ccccc1. The maximum absolute atomic E-state index is 13.0. The molecule has 1 saturated heterocycles. The molecule has 1 aliphatic heterocycles. The smallest absolute Gasteiger partial charge is 0.253 e. The maximum atomic E-state index is 13.0. The number of hydrogen-bond donors (Lipinski definition) is 0. The average molecular weight is 431 g/mol. The molecule has 0 aromatic heterocycles. The zero-order chi connectivity index (χ0) is 21.7. The lowest BCUT2D eigenvalue weighted by Crippen LogP contribution is -2.38. The molecule has 162 valence electrons. The number of piperidine rings is 1. The van der Waals surface area contributed by atoms with E-state index in [0.29, 0.717) is 29.4 Å². The molecule has 1 fully saturated rings. The number of benzene rings is 2. The molecule has 1 amide bonds. The number of nitrogens with zero attached hydrogens (tertiary/aromatic N) is 2. The first-order valence-corrected chi connectivity index (χ1v) is 11.8. The monoisotopic (exact) mass is 430 g/mol. The van der Waals surface area contributed by atoms with Gasteiger partial charge in [-0.25, -0.2) is 8.42 Å². The topological polar surface area (TPSA) is 66.9 Å². The lowest BCUT2D eigenvalue weighted by molar-refractivity contribution is 0.0697. The van der Waals surface area contributed by atoms with Crippen LogP contribution in [0.2, 0.25) is 0 Å². The number of sulfonamides is 1. The highest BCUT2D eigenvalue weighted by Gasteiger charge is 2.25. The fourth-order valence-electron chi connectivity index (χ4n) is 3.62. The predicted molar refractivity (Wildman–Crippen MR) is 117 cm³/mol. The van der Waals surface area contributed by atoms with Crippen molar-refractivity contribution in [3.63, 3.8) is 0 Å². The largest absolute Gasteiger partial charge is 0.494 e. The Morgan fingerprint density at radius 3 is 2.43 bits per heavy atom. The van der Waals surface area contributed by atoms with Crippen molar-refractivity contribution >= 4 is 15.9 Å². The van der Waals surface area contributed by atoms with Crippen LogP contribution in [0.4, 0.5) is 0 Å². The van der Waals surface area contributed by atoms with Crippen molar-refractivity contribution in [3.05, 3.63) is 59.7 Å². The molecule has 7 heteroatoms. The average Bonchev–Trinajstić information content (AvgIpc) is 2.75. The van der Waals surface area contributed by atoms with Crippen LogP contribution >= 0.6 is 0 Å². The predicted octanol–water partition coefficient (Wildman–Crippen LogP) is 3.78. The first-order chi connectivity index (χ1) is 14.3. The first-order valence-electron chi connectivity index (χ1n) is 10.4. The maximum Gasteiger partial charge on any atom is 0.253 e. The van der Waals surface area contributed by atoms with Crippen molar-refractivity contribution in [2.75, 3.05) is 26.7 Å². The van der Waals surface area contributed by atoms with E-state index in [-0.39, 0.29) is 17.3 Å². The minimum Gasteiger partial charge on any atom is -0.494 e. The van der Waals surface area contributed by atoms with Gasteiger partial charge in [0.05, 0.1) is 11.5 Å². The lowest BCUT2D eigenvalue weighted by atomic mass is 9.98. The summed E-state index contributed by atoms with van der Waals surface area (Å²) in [6, 6.07) is 13.6. The Labute approximate surface area is 179 Å². The molecule has 2 aromatic carbocycles. The molecular formula is C23H30N2O4S. The van der Waals surface area contributed by atoms with Crippen LogP contribution in [0.5, 0.6) is 5.75 Å². The van der Waals surface area contributed by atoms with Crippen LogP contribution in [0, 0.1) is 5.92 Å². The zero-order valence-electron chi connectivity index (χ0n) is 17.9. The molecular weight excluding hydrogens is 400 g/mol. The van der Waals surface area contributed by atoms with Crippen molar-refractivity contribution in [3.8, 4) is 5.75 Å². The summed E-state index contributed by atoms with van der Waals surface area (Å²) in [6.45, 7) is 6.17. The van der Waals surface area contributed by atoms with Gasteiger partial charge in [0.25, 0.3) is 5.91 Å². The summed E-state index contributed by atoms with van der Waals surface area (Å²) in [7, 11) is -2.11. The Balaban J connectivity index is 1.85. The number of carbonyl (C=O) groups excluding carboxylic acids is 1. The van der Waals surface area contributed by atoms with Gasteiger partial charge in [0.15, 0.2) is 0 Å². The van der Waals surface area contributed by atoms with E-state index in [0.717, 1.165) is 25.9 Å². The van der Waals surface area contributed by atoms with Crippen LogP contribution in [-0.2, 0) is 16.6 Å². The van der Waals surface area contributed by atoms with Gasteiger partial charge in [-0.05, 0) is 56.0 Å². The Hall–Kier alpha value is -2.38. The third-order valence-corrected chi connectivity index (χ3v) is 7.34. The minimum atomic E-state index is -3.65. The zero-order valence-corrected chi connectivity index (χ0v) is 18.7. The van der Waals surface area contributed by atoms with Crippen LogP contribution in [-0.4, -0.2) is 50.3 Å². The van der Waals surface area contributed by atoms with Gasteiger partial charge in [-0.15, -0.1) is 0 Å². The summed E-state index contributed by atoms with van der Waals surface area (Å²) in [6.07, 6.45) is 2.02. The molecule has 3 rings (SSSR count). The highest BCUT2D eigenvalue weighted by molar-refractivity contribution is 7.89. The van der Waals surface area contributed by atoms with Crippen molar-refractivity contribution < 1.29 is 17.9 Å². The summed E-state index contributed by atoms with van der Waals surface area (Å²) in [5.74, 6) is 1.22. The fraction of sp³-hybridized carbons (Fsp3) is 0.435. The van der Waals surface area contributed by atoms with E-state index in [1.807, 2.05) is 11.8 Å². The molecule has 0 saturated carbocycles. The van der Waals surface area contributed by atoms with Gasteiger partial charge >= 0.3 is 0 Å². The van der Waals surface area contributed by atoms with Crippen molar-refractivity contribution in [2.45, 2.75) is 38.1 Å². The molecule has 0 aliphatic carbocycles. The second-order valence-electron chi connectivity index (χ2n) is 7.80. The molecule has 30 heavy (non-hydrogen) atoms. The molecule has 0 spiro atoms. The van der Waals surface area contributed by atoms with Gasteiger partial charge in [0.1, 0.15) is 5.75 Å². The summed E-state index contributed by atoms with van der Waals surface area (Å²) >= 11 is 0. The second kappa shape index (κ2) is 9.62. The number of ether oxygens (including phenoxy) is 1. The molecule has 1 heterocycles. The number of hydrogen-bond acceptors (Lipinski definition) is 4. The van der Waals surface area contributed by atoms with E-state index < -0.39 is 10.0 Å². The molecule has 0 N–H and O–H groups in total. The molecule has 1 aliphatic rings. The lowest BCUT2D eigenvalue weighted by Gasteiger charge is -2.30. The van der Waals surface area contributed by atoms with E-state index in [2.05, 4.69) is 6.92 Å². The van der Waals surface area contributed by atoms with Crippen LogP contribution in [0.3, 0.4) is 0 Å².